The van der Waals surface area contributed by atoms with Crippen LogP contribution in [0, 0.1) is 11.6 Å². The van der Waals surface area contributed by atoms with Gasteiger partial charge < -0.3 is 5.32 Å². The molecule has 1 aliphatic heterocycles. The zero-order chi connectivity index (χ0) is 14.7. The molecule has 1 atom stereocenters. The molecular weight excluding hydrogens is 288 g/mol. The van der Waals surface area contributed by atoms with Crippen LogP contribution in [0.5, 0.6) is 0 Å². The summed E-state index contributed by atoms with van der Waals surface area (Å²) >= 11 is 1.59. The molecule has 1 aliphatic rings. The normalized spacial score (nSPS) is 17.5. The molecule has 0 bridgehead atoms. The van der Waals surface area contributed by atoms with Crippen LogP contribution in [0.25, 0.3) is 0 Å². The van der Waals surface area contributed by atoms with Gasteiger partial charge in [0.15, 0.2) is 0 Å². The van der Waals surface area contributed by atoms with Gasteiger partial charge in [-0.15, -0.1) is 11.8 Å². The number of halogens is 2. The lowest BCUT2D eigenvalue weighted by molar-refractivity contribution is 0.499. The van der Waals surface area contributed by atoms with E-state index in [2.05, 4.69) is 5.32 Å². The first-order valence-electron chi connectivity index (χ1n) is 7.13. The minimum atomic E-state index is -0.200. The van der Waals surface area contributed by atoms with Crippen LogP contribution in [-0.2, 0) is 6.42 Å². The van der Waals surface area contributed by atoms with Crippen LogP contribution in [0.3, 0.4) is 0 Å². The summed E-state index contributed by atoms with van der Waals surface area (Å²) in [5, 5.41) is 3.47. The molecule has 1 unspecified atom stereocenters. The van der Waals surface area contributed by atoms with E-state index in [4.69, 9.17) is 0 Å². The third kappa shape index (κ3) is 3.44. The van der Waals surface area contributed by atoms with Gasteiger partial charge in [0.1, 0.15) is 11.6 Å². The summed E-state index contributed by atoms with van der Waals surface area (Å²) in [6.45, 7) is 0.759. The van der Waals surface area contributed by atoms with E-state index in [0.29, 0.717) is 0 Å². The van der Waals surface area contributed by atoms with Crippen molar-refractivity contribution in [1.82, 2.24) is 5.32 Å². The Hall–Kier alpha value is -1.39. The minimum Gasteiger partial charge on any atom is -0.310 e. The summed E-state index contributed by atoms with van der Waals surface area (Å²) in [5.74, 6) is 0.592. The molecule has 0 amide bonds. The Kier molecular flexibility index (Phi) is 4.56. The van der Waals surface area contributed by atoms with Crippen molar-refractivity contribution >= 4 is 11.8 Å². The Bertz CT molecular complexity index is 630. The summed E-state index contributed by atoms with van der Waals surface area (Å²) < 4.78 is 26.9. The molecule has 21 heavy (non-hydrogen) atoms. The van der Waals surface area contributed by atoms with Crippen LogP contribution < -0.4 is 5.32 Å². The van der Waals surface area contributed by atoms with Crippen molar-refractivity contribution in [2.24, 2.45) is 0 Å². The average molecular weight is 305 g/mol. The molecule has 0 radical (unpaired) electrons. The second kappa shape index (κ2) is 6.58. The van der Waals surface area contributed by atoms with Crippen molar-refractivity contribution in [2.45, 2.75) is 23.8 Å². The minimum absolute atomic E-state index is 0.130. The fraction of sp³-hybridized carbons (Fsp3) is 0.294. The van der Waals surface area contributed by atoms with E-state index >= 15 is 0 Å². The maximum atomic E-state index is 13.8. The number of hydrogen-bond acceptors (Lipinski definition) is 2. The molecule has 4 heteroatoms. The second-order valence-electron chi connectivity index (χ2n) is 5.18. The van der Waals surface area contributed by atoms with Gasteiger partial charge in [0, 0.05) is 10.9 Å². The van der Waals surface area contributed by atoms with Crippen molar-refractivity contribution in [3.8, 4) is 0 Å². The molecule has 0 aliphatic carbocycles. The highest BCUT2D eigenvalue weighted by Gasteiger charge is 2.22. The zero-order valence-electron chi connectivity index (χ0n) is 11.6. The molecule has 3 rings (SSSR count). The van der Waals surface area contributed by atoms with Crippen molar-refractivity contribution in [2.75, 3.05) is 12.3 Å². The van der Waals surface area contributed by atoms with Gasteiger partial charge in [-0.1, -0.05) is 24.3 Å². The Labute approximate surface area is 127 Å². The Morgan fingerprint density at radius 2 is 2.00 bits per heavy atom. The topological polar surface area (TPSA) is 12.0 Å². The van der Waals surface area contributed by atoms with Crippen molar-refractivity contribution in [3.63, 3.8) is 0 Å². The molecule has 110 valence electrons. The summed E-state index contributed by atoms with van der Waals surface area (Å²) in [6.07, 6.45) is 1.76. The molecule has 2 aromatic carbocycles. The third-order valence-electron chi connectivity index (χ3n) is 3.72. The largest absolute Gasteiger partial charge is 0.310 e. The van der Waals surface area contributed by atoms with Gasteiger partial charge in [0.25, 0.3) is 0 Å². The van der Waals surface area contributed by atoms with E-state index < -0.39 is 0 Å². The SMILES string of the molecule is Fc1cccc(CCNC2CCSc3c(F)cccc32)c1. The number of benzene rings is 2. The van der Waals surface area contributed by atoms with Crippen LogP contribution in [0.4, 0.5) is 8.78 Å². The first kappa shape index (κ1) is 14.5. The van der Waals surface area contributed by atoms with Gasteiger partial charge >= 0.3 is 0 Å². The standard InChI is InChI=1S/C17H17F2NS/c18-13-4-1-3-12(11-13)7-9-20-16-8-10-21-17-14(16)5-2-6-15(17)19/h1-6,11,16,20H,7-10H2. The summed E-state index contributed by atoms with van der Waals surface area (Å²) in [7, 11) is 0. The summed E-state index contributed by atoms with van der Waals surface area (Å²) in [5.41, 5.74) is 2.03. The maximum absolute atomic E-state index is 13.8. The quantitative estimate of drug-likeness (QED) is 0.902. The molecule has 0 saturated carbocycles. The van der Waals surface area contributed by atoms with Crippen molar-refractivity contribution < 1.29 is 8.78 Å². The van der Waals surface area contributed by atoms with Gasteiger partial charge in [-0.2, -0.15) is 0 Å². The van der Waals surface area contributed by atoms with E-state index in [1.807, 2.05) is 12.1 Å². The monoisotopic (exact) mass is 305 g/mol. The van der Waals surface area contributed by atoms with Crippen LogP contribution in [-0.4, -0.2) is 12.3 Å². The van der Waals surface area contributed by atoms with Crippen LogP contribution in [0.1, 0.15) is 23.6 Å². The number of fused-ring (bicyclic) bond motifs is 1. The van der Waals surface area contributed by atoms with Gasteiger partial charge in [-0.05, 0) is 54.5 Å². The smallest absolute Gasteiger partial charge is 0.137 e. The fourth-order valence-corrected chi connectivity index (χ4v) is 3.82. The number of rotatable bonds is 4. The molecule has 0 aromatic heterocycles. The Morgan fingerprint density at radius 3 is 2.86 bits per heavy atom. The fourth-order valence-electron chi connectivity index (χ4n) is 2.68. The number of thioether (sulfide) groups is 1. The van der Waals surface area contributed by atoms with Gasteiger partial charge in [-0.3, -0.25) is 0 Å². The highest BCUT2D eigenvalue weighted by molar-refractivity contribution is 7.99. The van der Waals surface area contributed by atoms with Crippen LogP contribution >= 0.6 is 11.8 Å². The molecule has 1 heterocycles. The van der Waals surface area contributed by atoms with E-state index in [1.54, 1.807) is 30.0 Å². The lowest BCUT2D eigenvalue weighted by atomic mass is 10.0. The molecular formula is C17H17F2NS. The Balaban J connectivity index is 1.63. The van der Waals surface area contributed by atoms with E-state index in [1.165, 1.54) is 12.1 Å². The Morgan fingerprint density at radius 1 is 1.14 bits per heavy atom. The molecule has 1 nitrogen and oxygen atoms in total. The molecule has 0 saturated heterocycles. The number of nitrogens with one attached hydrogen (secondary N) is 1. The maximum Gasteiger partial charge on any atom is 0.137 e. The third-order valence-corrected chi connectivity index (χ3v) is 4.88. The predicted molar refractivity (Wildman–Crippen MR) is 82.6 cm³/mol. The van der Waals surface area contributed by atoms with Crippen LogP contribution in [0.2, 0.25) is 0 Å². The van der Waals surface area contributed by atoms with Gasteiger partial charge in [0.2, 0.25) is 0 Å². The second-order valence-corrected chi connectivity index (χ2v) is 6.29. The lowest BCUT2D eigenvalue weighted by Crippen LogP contribution is -2.26. The zero-order valence-corrected chi connectivity index (χ0v) is 12.4. The van der Waals surface area contributed by atoms with Crippen LogP contribution in [0.15, 0.2) is 47.4 Å². The summed E-state index contributed by atoms with van der Waals surface area (Å²) in [4.78, 5) is 0.770. The molecule has 0 spiro atoms. The van der Waals surface area contributed by atoms with Crippen molar-refractivity contribution in [1.29, 1.82) is 0 Å². The predicted octanol–water partition coefficient (Wildman–Crippen LogP) is 4.33. The van der Waals surface area contributed by atoms with E-state index in [9.17, 15) is 8.78 Å². The highest BCUT2D eigenvalue weighted by atomic mass is 32.2. The number of hydrogen-bond donors (Lipinski definition) is 1. The first-order chi connectivity index (χ1) is 10.2. The van der Waals surface area contributed by atoms with E-state index in [-0.39, 0.29) is 17.7 Å². The lowest BCUT2D eigenvalue weighted by Gasteiger charge is -2.26. The van der Waals surface area contributed by atoms with Gasteiger partial charge in [0.05, 0.1) is 0 Å². The highest BCUT2D eigenvalue weighted by Crippen LogP contribution is 2.37. The molecule has 0 fully saturated rings. The average Bonchev–Trinajstić information content (AvgIpc) is 2.48. The first-order valence-corrected chi connectivity index (χ1v) is 8.11. The van der Waals surface area contributed by atoms with E-state index in [0.717, 1.165) is 41.2 Å². The van der Waals surface area contributed by atoms with Gasteiger partial charge in [-0.25, -0.2) is 8.78 Å². The molecule has 2 aromatic rings. The summed E-state index contributed by atoms with van der Waals surface area (Å²) in [6, 6.07) is 12.1. The van der Waals surface area contributed by atoms with Crippen molar-refractivity contribution in [3.05, 3.63) is 65.2 Å². The molecule has 1 N–H and O–H groups in total.